The van der Waals surface area contributed by atoms with Gasteiger partial charge in [-0.05, 0) is 30.0 Å². The summed E-state index contributed by atoms with van der Waals surface area (Å²) < 4.78 is 5.47. The average molecular weight is 296 g/mol. The Balaban J connectivity index is 2.05. The first-order chi connectivity index (χ1) is 8.75. The largest absolute Gasteiger partial charge is 0.517 e. The molecule has 1 nitrogen and oxygen atoms in total. The number of benzene rings is 2. The van der Waals surface area contributed by atoms with Crippen LogP contribution >= 0.6 is 22.2 Å². The maximum Gasteiger partial charge on any atom is 0.511 e. The fourth-order valence-electron chi connectivity index (χ4n) is 1.82. The van der Waals surface area contributed by atoms with Crippen molar-refractivity contribution in [3.63, 3.8) is 0 Å². The van der Waals surface area contributed by atoms with Crippen LogP contribution in [0.3, 0.4) is 0 Å². The Morgan fingerprint density at radius 2 is 1.50 bits per heavy atom. The van der Waals surface area contributed by atoms with Crippen LogP contribution in [-0.4, -0.2) is 7.66 Å². The Labute approximate surface area is 118 Å². The third-order valence-corrected chi connectivity index (χ3v) is 3.52. The minimum atomic E-state index is -1.75. The molecule has 0 amide bonds. The highest BCUT2D eigenvalue weighted by Gasteiger charge is 2.10. The van der Waals surface area contributed by atoms with E-state index in [2.05, 4.69) is 30.3 Å². The van der Waals surface area contributed by atoms with E-state index in [4.69, 9.17) is 26.6 Å². The molecule has 2 aromatic carbocycles. The van der Waals surface area contributed by atoms with Crippen LogP contribution < -0.4 is 4.43 Å². The lowest BCUT2D eigenvalue weighted by atomic mass is 10.0. The van der Waals surface area contributed by atoms with Crippen LogP contribution in [-0.2, 0) is 12.8 Å². The first-order valence-electron chi connectivity index (χ1n) is 5.73. The summed E-state index contributed by atoms with van der Waals surface area (Å²) in [7, 11) is -1.75. The van der Waals surface area contributed by atoms with E-state index in [0.717, 1.165) is 24.2 Å². The summed E-state index contributed by atoms with van der Waals surface area (Å²) >= 11 is 11.5. The third kappa shape index (κ3) is 4.05. The van der Waals surface area contributed by atoms with Crippen molar-refractivity contribution in [3.05, 3.63) is 65.7 Å². The highest BCUT2D eigenvalue weighted by Crippen LogP contribution is 2.22. The van der Waals surface area contributed by atoms with Crippen LogP contribution in [0.4, 0.5) is 0 Å². The van der Waals surface area contributed by atoms with Gasteiger partial charge in [0.15, 0.2) is 0 Å². The number of hydrogen-bond donors (Lipinski definition) is 0. The van der Waals surface area contributed by atoms with Crippen molar-refractivity contribution in [2.24, 2.45) is 0 Å². The van der Waals surface area contributed by atoms with Crippen LogP contribution in [0.15, 0.2) is 54.6 Å². The Morgan fingerprint density at radius 1 is 0.833 bits per heavy atom. The average Bonchev–Trinajstić information content (AvgIpc) is 2.38. The van der Waals surface area contributed by atoms with Crippen molar-refractivity contribution in [2.75, 3.05) is 0 Å². The molecule has 1 radical (unpaired) electrons. The summed E-state index contributed by atoms with van der Waals surface area (Å²) in [5, 5.41) is 0. The van der Waals surface area contributed by atoms with Gasteiger partial charge in [-0.25, -0.2) is 0 Å². The van der Waals surface area contributed by atoms with E-state index in [1.807, 2.05) is 24.3 Å². The van der Waals surface area contributed by atoms with E-state index in [0.29, 0.717) is 0 Å². The van der Waals surface area contributed by atoms with Gasteiger partial charge < -0.3 is 4.43 Å². The molecule has 0 aliphatic heterocycles. The number of hydrogen-bond acceptors (Lipinski definition) is 1. The quantitative estimate of drug-likeness (QED) is 0.590. The van der Waals surface area contributed by atoms with E-state index in [1.54, 1.807) is 0 Å². The number of para-hydroxylation sites is 1. The van der Waals surface area contributed by atoms with Gasteiger partial charge in [-0.2, -0.15) is 0 Å². The minimum absolute atomic E-state index is 0.798. The summed E-state index contributed by atoms with van der Waals surface area (Å²) in [6, 6.07) is 18.3. The van der Waals surface area contributed by atoms with E-state index in [1.165, 1.54) is 5.56 Å². The zero-order chi connectivity index (χ0) is 12.8. The molecule has 4 heteroatoms. The van der Waals surface area contributed by atoms with Crippen molar-refractivity contribution in [1.29, 1.82) is 0 Å². The van der Waals surface area contributed by atoms with Gasteiger partial charge in [-0.15, -0.1) is 0 Å². The molecule has 0 heterocycles. The van der Waals surface area contributed by atoms with Gasteiger partial charge in [0.2, 0.25) is 0 Å². The highest BCUT2D eigenvalue weighted by molar-refractivity contribution is 7.31. The van der Waals surface area contributed by atoms with Crippen molar-refractivity contribution in [3.8, 4) is 5.75 Å². The number of aryl methyl sites for hydroxylation is 2. The van der Waals surface area contributed by atoms with E-state index >= 15 is 0 Å². The van der Waals surface area contributed by atoms with Crippen molar-refractivity contribution in [2.45, 2.75) is 12.8 Å². The predicted octanol–water partition coefficient (Wildman–Crippen LogP) is 4.31. The fourth-order valence-corrected chi connectivity index (χ4v) is 2.68. The molecule has 18 heavy (non-hydrogen) atoms. The first kappa shape index (κ1) is 13.5. The summed E-state index contributed by atoms with van der Waals surface area (Å²) in [5.41, 5.74) is 2.46. The molecule has 93 valence electrons. The number of halogens is 2. The molecule has 0 unspecified atom stereocenters. The van der Waals surface area contributed by atoms with Crippen LogP contribution in [0.5, 0.6) is 5.75 Å². The first-order valence-corrected chi connectivity index (χ1v) is 9.16. The summed E-state index contributed by atoms with van der Waals surface area (Å²) in [4.78, 5) is 0. The molecule has 2 aromatic rings. The van der Waals surface area contributed by atoms with E-state index < -0.39 is 7.66 Å². The van der Waals surface area contributed by atoms with E-state index in [9.17, 15) is 0 Å². The molecule has 0 aromatic heterocycles. The summed E-state index contributed by atoms with van der Waals surface area (Å²) in [6.07, 6.45) is 1.90. The monoisotopic (exact) mass is 295 g/mol. The molecule has 2 rings (SSSR count). The Morgan fingerprint density at radius 3 is 2.22 bits per heavy atom. The van der Waals surface area contributed by atoms with Crippen LogP contribution in [0.25, 0.3) is 0 Å². The molecule has 0 saturated heterocycles. The summed E-state index contributed by atoms with van der Waals surface area (Å²) in [6.45, 7) is 0. The fraction of sp³-hybridized carbons (Fsp3) is 0.143. The third-order valence-electron chi connectivity index (χ3n) is 2.69. The van der Waals surface area contributed by atoms with Gasteiger partial charge in [0.25, 0.3) is 0 Å². The smallest absolute Gasteiger partial charge is 0.511 e. The maximum absolute atomic E-state index is 5.75. The van der Waals surface area contributed by atoms with Crippen LogP contribution in [0.2, 0.25) is 0 Å². The molecule has 0 aliphatic rings. The van der Waals surface area contributed by atoms with E-state index in [-0.39, 0.29) is 0 Å². The lowest BCUT2D eigenvalue weighted by molar-refractivity contribution is 0.592. The van der Waals surface area contributed by atoms with Gasteiger partial charge in [0, 0.05) is 0 Å². The van der Waals surface area contributed by atoms with Gasteiger partial charge >= 0.3 is 7.66 Å². The lowest BCUT2D eigenvalue weighted by Gasteiger charge is -2.11. The second-order valence-electron chi connectivity index (χ2n) is 3.92. The zero-order valence-corrected chi connectivity index (χ0v) is 12.3. The van der Waals surface area contributed by atoms with Crippen molar-refractivity contribution >= 4 is 29.8 Å². The molecule has 0 saturated carbocycles. The molecular weight excluding hydrogens is 283 g/mol. The van der Waals surface area contributed by atoms with Gasteiger partial charge in [-0.1, -0.05) is 70.7 Å². The highest BCUT2D eigenvalue weighted by atomic mass is 35.7. The molecule has 0 spiro atoms. The SMILES string of the molecule is Cl[Si](Cl)Oc1ccccc1CCc1ccccc1. The van der Waals surface area contributed by atoms with Crippen LogP contribution in [0, 0.1) is 0 Å². The molecule has 0 bridgehead atoms. The predicted molar refractivity (Wildman–Crippen MR) is 78.4 cm³/mol. The summed E-state index contributed by atoms with van der Waals surface area (Å²) in [5.74, 6) is 0.798. The normalized spacial score (nSPS) is 10.6. The molecule has 0 N–H and O–H groups in total. The van der Waals surface area contributed by atoms with Gasteiger partial charge in [0.1, 0.15) is 5.75 Å². The Kier molecular flexibility index (Phi) is 5.11. The lowest BCUT2D eigenvalue weighted by Crippen LogP contribution is -2.07. The zero-order valence-electron chi connectivity index (χ0n) is 9.77. The van der Waals surface area contributed by atoms with Gasteiger partial charge in [0.05, 0.1) is 0 Å². The Hall–Kier alpha value is -0.963. The minimum Gasteiger partial charge on any atom is -0.517 e. The standard InChI is InChI=1S/C14H13Cl2OSi/c15-18(16)17-14-9-5-4-8-13(14)11-10-12-6-2-1-3-7-12/h1-9H,10-11H2. The molecular formula is C14H13Cl2OSi. The van der Waals surface area contributed by atoms with Crippen molar-refractivity contribution in [1.82, 2.24) is 0 Å². The Bertz CT molecular complexity index is 488. The molecule has 0 aliphatic carbocycles. The maximum atomic E-state index is 5.75. The molecule has 0 atom stereocenters. The van der Waals surface area contributed by atoms with Crippen LogP contribution in [0.1, 0.15) is 11.1 Å². The second-order valence-corrected chi connectivity index (χ2v) is 7.22. The van der Waals surface area contributed by atoms with Gasteiger partial charge in [-0.3, -0.25) is 0 Å². The molecule has 0 fully saturated rings. The number of rotatable bonds is 5. The second kappa shape index (κ2) is 6.83. The topological polar surface area (TPSA) is 9.23 Å². The van der Waals surface area contributed by atoms with Crippen molar-refractivity contribution < 1.29 is 4.43 Å².